The van der Waals surface area contributed by atoms with E-state index in [-0.39, 0.29) is 17.8 Å². The molecule has 19 heavy (non-hydrogen) atoms. The molecule has 2 N–H and O–H groups in total. The van der Waals surface area contributed by atoms with E-state index in [1.807, 2.05) is 4.90 Å². The lowest BCUT2D eigenvalue weighted by molar-refractivity contribution is -0.135. The summed E-state index contributed by atoms with van der Waals surface area (Å²) in [5.41, 5.74) is 6.75. The first-order chi connectivity index (χ1) is 9.13. The Balaban J connectivity index is 1.71. The quantitative estimate of drug-likeness (QED) is 0.884. The molecule has 0 spiro atoms. The van der Waals surface area contributed by atoms with Crippen LogP contribution in [-0.2, 0) is 11.2 Å². The Labute approximate surface area is 112 Å². The van der Waals surface area contributed by atoms with E-state index in [1.165, 1.54) is 12.1 Å². The van der Waals surface area contributed by atoms with Crippen molar-refractivity contribution in [2.75, 3.05) is 0 Å². The van der Waals surface area contributed by atoms with Crippen molar-refractivity contribution in [2.45, 2.75) is 50.2 Å². The highest BCUT2D eigenvalue weighted by Gasteiger charge is 2.41. The van der Waals surface area contributed by atoms with Gasteiger partial charge in [0.05, 0.1) is 6.42 Å². The molecule has 1 aromatic carbocycles. The van der Waals surface area contributed by atoms with Crippen molar-refractivity contribution in [1.29, 1.82) is 0 Å². The van der Waals surface area contributed by atoms with Crippen LogP contribution in [0.4, 0.5) is 4.39 Å². The maximum Gasteiger partial charge on any atom is 0.227 e. The highest BCUT2D eigenvalue weighted by molar-refractivity contribution is 5.80. The van der Waals surface area contributed by atoms with E-state index in [2.05, 4.69) is 0 Å². The van der Waals surface area contributed by atoms with Crippen LogP contribution in [0.15, 0.2) is 24.3 Å². The third-order valence-corrected chi connectivity index (χ3v) is 4.30. The fraction of sp³-hybridized carbons (Fsp3) is 0.533. The second kappa shape index (κ2) is 4.93. The molecule has 2 aliphatic rings. The maximum atomic E-state index is 13.1. The van der Waals surface area contributed by atoms with Crippen LogP contribution in [0.2, 0.25) is 0 Å². The summed E-state index contributed by atoms with van der Waals surface area (Å²) >= 11 is 0. The predicted molar refractivity (Wildman–Crippen MR) is 71.0 cm³/mol. The van der Waals surface area contributed by atoms with E-state index in [1.54, 1.807) is 12.1 Å². The first-order valence-electron chi connectivity index (χ1n) is 6.94. The van der Waals surface area contributed by atoms with Gasteiger partial charge in [-0.1, -0.05) is 12.1 Å². The van der Waals surface area contributed by atoms with Crippen molar-refractivity contribution in [3.05, 3.63) is 35.6 Å². The van der Waals surface area contributed by atoms with Gasteiger partial charge < -0.3 is 10.6 Å². The molecule has 0 radical (unpaired) electrons. The molecule has 3 rings (SSSR count). The Kier molecular flexibility index (Phi) is 3.27. The Bertz CT molecular complexity index is 477. The van der Waals surface area contributed by atoms with E-state index in [0.717, 1.165) is 31.2 Å². The van der Waals surface area contributed by atoms with Crippen molar-refractivity contribution in [3.63, 3.8) is 0 Å². The lowest BCUT2D eigenvalue weighted by Gasteiger charge is -2.37. The first kappa shape index (κ1) is 12.6. The van der Waals surface area contributed by atoms with Gasteiger partial charge in [-0.2, -0.15) is 0 Å². The van der Waals surface area contributed by atoms with Crippen LogP contribution in [0.5, 0.6) is 0 Å². The third kappa shape index (κ3) is 2.50. The SMILES string of the molecule is NC1CC2CCC(C1)N2C(=O)Cc1cccc(F)c1. The molecule has 3 nitrogen and oxygen atoms in total. The Hall–Kier alpha value is -1.42. The fourth-order valence-corrected chi connectivity index (χ4v) is 3.54. The normalized spacial score (nSPS) is 29.6. The summed E-state index contributed by atoms with van der Waals surface area (Å²) in [6.07, 6.45) is 4.23. The zero-order chi connectivity index (χ0) is 13.4. The largest absolute Gasteiger partial charge is 0.336 e. The number of nitrogens with zero attached hydrogens (tertiary/aromatic N) is 1. The van der Waals surface area contributed by atoms with Crippen molar-refractivity contribution in [2.24, 2.45) is 5.73 Å². The molecule has 2 fully saturated rings. The average molecular weight is 262 g/mol. The summed E-state index contributed by atoms with van der Waals surface area (Å²) < 4.78 is 13.1. The average Bonchev–Trinajstić information content (AvgIpc) is 2.62. The van der Waals surface area contributed by atoms with Crippen LogP contribution in [0.25, 0.3) is 0 Å². The van der Waals surface area contributed by atoms with Gasteiger partial charge in [-0.25, -0.2) is 4.39 Å². The van der Waals surface area contributed by atoms with Crippen LogP contribution in [0.3, 0.4) is 0 Å². The fourth-order valence-electron chi connectivity index (χ4n) is 3.54. The summed E-state index contributed by atoms with van der Waals surface area (Å²) in [4.78, 5) is 14.4. The lowest BCUT2D eigenvalue weighted by atomic mass is 9.97. The molecular weight excluding hydrogens is 243 g/mol. The number of fused-ring (bicyclic) bond motifs is 2. The minimum Gasteiger partial charge on any atom is -0.336 e. The second-order valence-corrected chi connectivity index (χ2v) is 5.72. The molecule has 2 aliphatic heterocycles. The number of benzene rings is 1. The maximum absolute atomic E-state index is 13.1. The van der Waals surface area contributed by atoms with Crippen LogP contribution >= 0.6 is 0 Å². The molecule has 4 heteroatoms. The highest BCUT2D eigenvalue weighted by atomic mass is 19.1. The molecule has 2 saturated heterocycles. The number of piperidine rings is 1. The van der Waals surface area contributed by atoms with E-state index in [4.69, 9.17) is 5.73 Å². The number of halogens is 1. The van der Waals surface area contributed by atoms with Crippen molar-refractivity contribution >= 4 is 5.91 Å². The van der Waals surface area contributed by atoms with E-state index in [9.17, 15) is 9.18 Å². The molecule has 1 amide bonds. The minimum atomic E-state index is -0.283. The molecule has 2 unspecified atom stereocenters. The summed E-state index contributed by atoms with van der Waals surface area (Å²) in [5.74, 6) is -0.168. The van der Waals surface area contributed by atoms with Gasteiger partial charge >= 0.3 is 0 Å². The molecule has 0 saturated carbocycles. The Morgan fingerprint density at radius 3 is 2.63 bits per heavy atom. The molecule has 1 aromatic rings. The summed E-state index contributed by atoms with van der Waals surface area (Å²) in [7, 11) is 0. The number of rotatable bonds is 2. The molecule has 2 heterocycles. The number of amides is 1. The Morgan fingerprint density at radius 1 is 1.32 bits per heavy atom. The summed E-state index contributed by atoms with van der Waals surface area (Å²) in [6.45, 7) is 0. The van der Waals surface area contributed by atoms with Crippen LogP contribution in [-0.4, -0.2) is 28.9 Å². The standard InChI is InChI=1S/C15H19FN2O/c16-11-3-1-2-10(6-11)7-15(19)18-13-4-5-14(18)9-12(17)8-13/h1-3,6,12-14H,4-5,7-9,17H2. The van der Waals surface area contributed by atoms with E-state index in [0.29, 0.717) is 18.5 Å². The van der Waals surface area contributed by atoms with Crippen molar-refractivity contribution in [1.82, 2.24) is 4.90 Å². The zero-order valence-corrected chi connectivity index (χ0v) is 10.9. The van der Waals surface area contributed by atoms with Gasteiger partial charge in [0.2, 0.25) is 5.91 Å². The van der Waals surface area contributed by atoms with Gasteiger partial charge in [-0.3, -0.25) is 4.79 Å². The topological polar surface area (TPSA) is 46.3 Å². The Morgan fingerprint density at radius 2 is 2.00 bits per heavy atom. The van der Waals surface area contributed by atoms with Gasteiger partial charge in [-0.05, 0) is 43.4 Å². The molecule has 102 valence electrons. The zero-order valence-electron chi connectivity index (χ0n) is 10.9. The number of carbonyl (C=O) groups is 1. The molecular formula is C15H19FN2O. The van der Waals surface area contributed by atoms with Crippen LogP contribution < -0.4 is 5.73 Å². The van der Waals surface area contributed by atoms with Gasteiger partial charge in [0.1, 0.15) is 5.82 Å². The number of hydrogen-bond acceptors (Lipinski definition) is 2. The molecule has 2 atom stereocenters. The van der Waals surface area contributed by atoms with Crippen LogP contribution in [0.1, 0.15) is 31.2 Å². The first-order valence-corrected chi connectivity index (χ1v) is 6.94. The summed E-state index contributed by atoms with van der Waals surface area (Å²) in [5, 5.41) is 0. The monoisotopic (exact) mass is 262 g/mol. The van der Waals surface area contributed by atoms with Gasteiger partial charge in [0, 0.05) is 18.1 Å². The van der Waals surface area contributed by atoms with Crippen molar-refractivity contribution < 1.29 is 9.18 Å². The van der Waals surface area contributed by atoms with Gasteiger partial charge in [0.25, 0.3) is 0 Å². The second-order valence-electron chi connectivity index (χ2n) is 5.72. The van der Waals surface area contributed by atoms with Gasteiger partial charge in [-0.15, -0.1) is 0 Å². The lowest BCUT2D eigenvalue weighted by Crippen LogP contribution is -2.50. The molecule has 0 aromatic heterocycles. The van der Waals surface area contributed by atoms with E-state index < -0.39 is 0 Å². The number of carbonyl (C=O) groups excluding carboxylic acids is 1. The molecule has 0 aliphatic carbocycles. The number of nitrogens with two attached hydrogens (primary N) is 1. The van der Waals surface area contributed by atoms with E-state index >= 15 is 0 Å². The molecule has 2 bridgehead atoms. The highest BCUT2D eigenvalue weighted by Crippen LogP contribution is 2.35. The van der Waals surface area contributed by atoms with Crippen molar-refractivity contribution in [3.8, 4) is 0 Å². The van der Waals surface area contributed by atoms with Gasteiger partial charge in [0.15, 0.2) is 0 Å². The summed E-state index contributed by atoms with van der Waals surface area (Å²) in [6, 6.07) is 7.13. The van der Waals surface area contributed by atoms with Crippen LogP contribution in [0, 0.1) is 5.82 Å². The number of hydrogen-bond donors (Lipinski definition) is 1. The smallest absolute Gasteiger partial charge is 0.227 e. The third-order valence-electron chi connectivity index (χ3n) is 4.30. The predicted octanol–water partition coefficient (Wildman–Crippen LogP) is 1.85. The minimum absolute atomic E-state index is 0.116.